The molecule has 9 nitrogen and oxygen atoms in total. The molecule has 0 radical (unpaired) electrons. The number of nitrogens with zero attached hydrogens (tertiary/aromatic N) is 4. The highest BCUT2D eigenvalue weighted by molar-refractivity contribution is 6.07. The van der Waals surface area contributed by atoms with Gasteiger partial charge in [-0.05, 0) is 31.4 Å². The standard InChI is InChI=1S/C25H26N6O3/c32-22(26-16-9-17-30-23(33)25(28-24(30)34)14-7-8-15-25)20-27-21(18-10-3-1-4-11-18)31(29-20)19-12-5-2-6-13-19/h1-6,10-13H,7-9,14-17H2,(H,26,32)(H,28,34). The minimum absolute atomic E-state index is 0.0580. The quantitative estimate of drug-likeness (QED) is 0.418. The number of amides is 4. The van der Waals surface area contributed by atoms with Gasteiger partial charge in [0.2, 0.25) is 5.82 Å². The van der Waals surface area contributed by atoms with Crippen LogP contribution in [0.2, 0.25) is 0 Å². The molecule has 2 fully saturated rings. The zero-order chi connectivity index (χ0) is 23.5. The summed E-state index contributed by atoms with van der Waals surface area (Å²) in [5.41, 5.74) is 0.937. The van der Waals surface area contributed by atoms with Crippen molar-refractivity contribution in [1.29, 1.82) is 0 Å². The Bertz CT molecular complexity index is 1140. The summed E-state index contributed by atoms with van der Waals surface area (Å²) in [5.74, 6) is 0.0779. The van der Waals surface area contributed by atoms with Gasteiger partial charge >= 0.3 is 6.03 Å². The van der Waals surface area contributed by atoms with Gasteiger partial charge in [0.05, 0.1) is 5.69 Å². The number of para-hydroxylation sites is 1. The van der Waals surface area contributed by atoms with Crippen LogP contribution < -0.4 is 10.6 Å². The van der Waals surface area contributed by atoms with Gasteiger partial charge in [0, 0.05) is 18.7 Å². The Labute approximate surface area is 197 Å². The number of rotatable bonds is 7. The van der Waals surface area contributed by atoms with E-state index in [2.05, 4.69) is 20.7 Å². The highest BCUT2D eigenvalue weighted by Gasteiger charge is 2.51. The van der Waals surface area contributed by atoms with E-state index in [1.807, 2.05) is 60.7 Å². The lowest BCUT2D eigenvalue weighted by atomic mass is 9.98. The van der Waals surface area contributed by atoms with Crippen LogP contribution in [0, 0.1) is 0 Å². The summed E-state index contributed by atoms with van der Waals surface area (Å²) in [5, 5.41) is 10.1. The summed E-state index contributed by atoms with van der Waals surface area (Å²) in [6.45, 7) is 0.553. The van der Waals surface area contributed by atoms with Crippen LogP contribution in [-0.2, 0) is 4.79 Å². The second kappa shape index (κ2) is 9.09. The molecule has 1 aromatic heterocycles. The summed E-state index contributed by atoms with van der Waals surface area (Å²) in [4.78, 5) is 43.6. The Morgan fingerprint density at radius 2 is 1.68 bits per heavy atom. The van der Waals surface area contributed by atoms with Crippen molar-refractivity contribution in [3.8, 4) is 17.1 Å². The van der Waals surface area contributed by atoms with Gasteiger partial charge in [0.25, 0.3) is 11.8 Å². The molecule has 1 spiro atoms. The van der Waals surface area contributed by atoms with E-state index in [1.165, 1.54) is 4.90 Å². The average Bonchev–Trinajstić information content (AvgIpc) is 3.58. The Morgan fingerprint density at radius 1 is 1.00 bits per heavy atom. The van der Waals surface area contributed by atoms with E-state index >= 15 is 0 Å². The summed E-state index contributed by atoms with van der Waals surface area (Å²) in [6.07, 6.45) is 3.74. The van der Waals surface area contributed by atoms with Crippen LogP contribution in [0.4, 0.5) is 4.79 Å². The van der Waals surface area contributed by atoms with Crippen LogP contribution in [0.15, 0.2) is 60.7 Å². The number of urea groups is 1. The molecule has 2 aromatic carbocycles. The third kappa shape index (κ3) is 4.05. The first kappa shape index (κ1) is 21.8. The normalized spacial score (nSPS) is 16.8. The van der Waals surface area contributed by atoms with E-state index < -0.39 is 11.4 Å². The Morgan fingerprint density at radius 3 is 2.38 bits per heavy atom. The fourth-order valence-electron chi connectivity index (χ4n) is 4.65. The van der Waals surface area contributed by atoms with E-state index in [9.17, 15) is 14.4 Å². The van der Waals surface area contributed by atoms with Gasteiger partial charge in [0.15, 0.2) is 5.82 Å². The van der Waals surface area contributed by atoms with Gasteiger partial charge in [-0.25, -0.2) is 14.5 Å². The molecule has 1 saturated heterocycles. The summed E-state index contributed by atoms with van der Waals surface area (Å²) in [6, 6.07) is 18.7. The predicted octanol–water partition coefficient (Wildman–Crippen LogP) is 2.92. The first-order valence-corrected chi connectivity index (χ1v) is 11.6. The fourth-order valence-corrected chi connectivity index (χ4v) is 4.65. The number of carbonyl (C=O) groups is 3. The Balaban J connectivity index is 1.24. The third-order valence-electron chi connectivity index (χ3n) is 6.39. The van der Waals surface area contributed by atoms with E-state index in [0.717, 1.165) is 24.1 Å². The van der Waals surface area contributed by atoms with Gasteiger partial charge in [-0.1, -0.05) is 61.4 Å². The molecule has 34 heavy (non-hydrogen) atoms. The van der Waals surface area contributed by atoms with Crippen LogP contribution in [0.5, 0.6) is 0 Å². The topological polar surface area (TPSA) is 109 Å². The monoisotopic (exact) mass is 458 g/mol. The molecule has 0 atom stereocenters. The molecule has 9 heteroatoms. The molecule has 4 amide bonds. The number of carbonyl (C=O) groups excluding carboxylic acids is 3. The number of nitrogens with one attached hydrogen (secondary N) is 2. The second-order valence-corrected chi connectivity index (χ2v) is 8.66. The van der Waals surface area contributed by atoms with E-state index in [0.29, 0.717) is 31.6 Å². The maximum absolute atomic E-state index is 12.8. The van der Waals surface area contributed by atoms with Crippen LogP contribution in [-0.4, -0.2) is 56.1 Å². The van der Waals surface area contributed by atoms with Gasteiger partial charge in [-0.2, -0.15) is 0 Å². The van der Waals surface area contributed by atoms with Crippen LogP contribution in [0.25, 0.3) is 17.1 Å². The van der Waals surface area contributed by atoms with Crippen molar-refractivity contribution in [2.75, 3.05) is 13.1 Å². The number of hydrogen-bond donors (Lipinski definition) is 2. The second-order valence-electron chi connectivity index (χ2n) is 8.66. The molecule has 1 saturated carbocycles. The maximum atomic E-state index is 12.8. The molecule has 2 heterocycles. The molecular formula is C25H26N6O3. The van der Waals surface area contributed by atoms with Crippen LogP contribution in [0.3, 0.4) is 0 Å². The molecule has 1 aliphatic carbocycles. The number of benzene rings is 2. The van der Waals surface area contributed by atoms with Crippen molar-refractivity contribution in [3.05, 3.63) is 66.5 Å². The van der Waals surface area contributed by atoms with Crippen molar-refractivity contribution in [2.24, 2.45) is 0 Å². The fraction of sp³-hybridized carbons (Fsp3) is 0.320. The third-order valence-corrected chi connectivity index (χ3v) is 6.39. The minimum atomic E-state index is -0.706. The van der Waals surface area contributed by atoms with Gasteiger partial charge < -0.3 is 10.6 Å². The van der Waals surface area contributed by atoms with Crippen molar-refractivity contribution >= 4 is 17.8 Å². The zero-order valence-electron chi connectivity index (χ0n) is 18.7. The van der Waals surface area contributed by atoms with Crippen molar-refractivity contribution < 1.29 is 14.4 Å². The SMILES string of the molecule is O=C(NCCCN1C(=O)NC2(CCCC2)C1=O)c1nc(-c2ccccc2)n(-c2ccccc2)n1. The molecule has 1 aliphatic heterocycles. The largest absolute Gasteiger partial charge is 0.349 e. The molecule has 0 unspecified atom stereocenters. The highest BCUT2D eigenvalue weighted by Crippen LogP contribution is 2.35. The van der Waals surface area contributed by atoms with Crippen LogP contribution in [0.1, 0.15) is 42.7 Å². The predicted molar refractivity (Wildman–Crippen MR) is 125 cm³/mol. The summed E-state index contributed by atoms with van der Waals surface area (Å²) in [7, 11) is 0. The zero-order valence-corrected chi connectivity index (χ0v) is 18.7. The van der Waals surface area contributed by atoms with Crippen molar-refractivity contribution in [1.82, 2.24) is 30.3 Å². The first-order valence-electron chi connectivity index (χ1n) is 11.6. The Kier molecular flexibility index (Phi) is 5.83. The van der Waals surface area contributed by atoms with Gasteiger partial charge in [0.1, 0.15) is 5.54 Å². The Hall–Kier alpha value is -4.01. The summed E-state index contributed by atoms with van der Waals surface area (Å²) >= 11 is 0. The molecule has 174 valence electrons. The number of aromatic nitrogens is 3. The molecule has 2 aliphatic rings. The average molecular weight is 459 g/mol. The van der Waals surface area contributed by atoms with Gasteiger partial charge in [-0.3, -0.25) is 14.5 Å². The van der Waals surface area contributed by atoms with E-state index in [1.54, 1.807) is 4.68 Å². The van der Waals surface area contributed by atoms with E-state index in [4.69, 9.17) is 0 Å². The van der Waals surface area contributed by atoms with Crippen LogP contribution >= 0.6 is 0 Å². The smallest absolute Gasteiger partial charge is 0.325 e. The summed E-state index contributed by atoms with van der Waals surface area (Å²) < 4.78 is 1.65. The lowest BCUT2D eigenvalue weighted by Gasteiger charge is -2.19. The minimum Gasteiger partial charge on any atom is -0.349 e. The van der Waals surface area contributed by atoms with Crippen molar-refractivity contribution in [2.45, 2.75) is 37.6 Å². The first-order chi connectivity index (χ1) is 16.6. The maximum Gasteiger partial charge on any atom is 0.325 e. The lowest BCUT2D eigenvalue weighted by molar-refractivity contribution is -0.131. The molecule has 2 N–H and O–H groups in total. The molecule has 3 aromatic rings. The molecular weight excluding hydrogens is 432 g/mol. The van der Waals surface area contributed by atoms with E-state index in [-0.39, 0.29) is 24.3 Å². The number of imide groups is 1. The lowest BCUT2D eigenvalue weighted by Crippen LogP contribution is -2.44. The van der Waals surface area contributed by atoms with Gasteiger partial charge in [-0.15, -0.1) is 5.10 Å². The van der Waals surface area contributed by atoms with Crippen molar-refractivity contribution in [3.63, 3.8) is 0 Å². The number of hydrogen-bond acceptors (Lipinski definition) is 5. The highest BCUT2D eigenvalue weighted by atomic mass is 16.2. The molecule has 5 rings (SSSR count). The molecule has 0 bridgehead atoms.